The van der Waals surface area contributed by atoms with E-state index in [0.717, 1.165) is 4.47 Å². The highest BCUT2D eigenvalue weighted by Gasteiger charge is 2.15. The quantitative estimate of drug-likeness (QED) is 0.634. The van der Waals surface area contributed by atoms with Crippen molar-refractivity contribution in [2.24, 2.45) is 0 Å². The number of rotatable bonds is 2. The number of nitrogens with two attached hydrogens (primary N) is 1. The molecule has 2 aromatic rings. The Balaban J connectivity index is 2.31. The van der Waals surface area contributed by atoms with Crippen LogP contribution in [-0.2, 0) is 0 Å². The number of nitrogen functional groups attached to an aromatic ring is 1. The number of carbonyl (C=O) groups excluding carboxylic acids is 1. The summed E-state index contributed by atoms with van der Waals surface area (Å²) in [6, 6.07) is 4.91. The molecule has 0 bridgehead atoms. The number of amides is 1. The van der Waals surface area contributed by atoms with Gasteiger partial charge in [0.05, 0.1) is 5.56 Å². The molecule has 0 spiro atoms. The molecule has 1 aromatic heterocycles. The van der Waals surface area contributed by atoms with Crippen LogP contribution in [0.2, 0.25) is 10.3 Å². The van der Waals surface area contributed by atoms with E-state index < -0.39 is 5.91 Å². The van der Waals surface area contributed by atoms with Gasteiger partial charge in [0, 0.05) is 10.2 Å². The fourth-order valence-electron chi connectivity index (χ4n) is 1.37. The van der Waals surface area contributed by atoms with Crippen LogP contribution in [-0.4, -0.2) is 15.9 Å². The van der Waals surface area contributed by atoms with Gasteiger partial charge in [-0.3, -0.25) is 4.79 Å². The van der Waals surface area contributed by atoms with Crippen LogP contribution in [0.4, 0.5) is 11.4 Å². The standard InChI is InChI=1S/C11H7BrCl2N4O/c12-5-1-2-6(7(15)3-5)11(19)18-8-9(13)16-4-17-10(8)14/h1-4H,15H2,(H,18,19). The number of benzene rings is 1. The zero-order chi connectivity index (χ0) is 14.0. The zero-order valence-corrected chi connectivity index (χ0v) is 12.4. The smallest absolute Gasteiger partial charge is 0.257 e. The Morgan fingerprint density at radius 2 is 1.89 bits per heavy atom. The lowest BCUT2D eigenvalue weighted by Gasteiger charge is -2.09. The van der Waals surface area contributed by atoms with Gasteiger partial charge >= 0.3 is 0 Å². The highest BCUT2D eigenvalue weighted by molar-refractivity contribution is 9.10. The molecule has 0 saturated carbocycles. The Morgan fingerprint density at radius 1 is 1.26 bits per heavy atom. The largest absolute Gasteiger partial charge is 0.398 e. The first-order valence-electron chi connectivity index (χ1n) is 5.01. The van der Waals surface area contributed by atoms with E-state index in [2.05, 4.69) is 31.2 Å². The summed E-state index contributed by atoms with van der Waals surface area (Å²) in [6.07, 6.45) is 1.20. The van der Waals surface area contributed by atoms with Crippen LogP contribution in [0.3, 0.4) is 0 Å². The molecule has 0 radical (unpaired) electrons. The fourth-order valence-corrected chi connectivity index (χ4v) is 2.16. The van der Waals surface area contributed by atoms with Crippen LogP contribution in [0.15, 0.2) is 29.0 Å². The van der Waals surface area contributed by atoms with E-state index in [1.807, 2.05) is 0 Å². The van der Waals surface area contributed by atoms with Crippen molar-refractivity contribution in [3.05, 3.63) is 44.9 Å². The molecular weight excluding hydrogens is 355 g/mol. The zero-order valence-electron chi connectivity index (χ0n) is 9.32. The number of nitrogens with zero attached hydrogens (tertiary/aromatic N) is 2. The van der Waals surface area contributed by atoms with Gasteiger partial charge in [-0.15, -0.1) is 0 Å². The molecule has 0 saturated heterocycles. The summed E-state index contributed by atoms with van der Waals surface area (Å²) in [4.78, 5) is 19.6. The lowest BCUT2D eigenvalue weighted by atomic mass is 10.1. The summed E-state index contributed by atoms with van der Waals surface area (Å²) in [6.45, 7) is 0. The van der Waals surface area contributed by atoms with Crippen molar-refractivity contribution in [1.82, 2.24) is 9.97 Å². The second-order valence-electron chi connectivity index (χ2n) is 3.52. The molecule has 1 aromatic carbocycles. The maximum absolute atomic E-state index is 12.1. The number of nitrogens with one attached hydrogen (secondary N) is 1. The van der Waals surface area contributed by atoms with E-state index >= 15 is 0 Å². The molecule has 0 unspecified atom stereocenters. The van der Waals surface area contributed by atoms with Crippen molar-refractivity contribution in [3.63, 3.8) is 0 Å². The molecule has 1 heterocycles. The van der Waals surface area contributed by atoms with Crippen LogP contribution in [0.1, 0.15) is 10.4 Å². The average molecular weight is 362 g/mol. The van der Waals surface area contributed by atoms with Crippen molar-refractivity contribution in [3.8, 4) is 0 Å². The third kappa shape index (κ3) is 3.15. The Hall–Kier alpha value is -1.37. The number of carbonyl (C=O) groups is 1. The number of aromatic nitrogens is 2. The molecular formula is C11H7BrCl2N4O. The summed E-state index contributed by atoms with van der Waals surface area (Å²) in [5, 5.41) is 2.65. The Kier molecular flexibility index (Phi) is 4.24. The fraction of sp³-hybridized carbons (Fsp3) is 0. The van der Waals surface area contributed by atoms with Gasteiger partial charge in [0.15, 0.2) is 10.3 Å². The normalized spacial score (nSPS) is 10.3. The van der Waals surface area contributed by atoms with Crippen LogP contribution >= 0.6 is 39.1 Å². The number of anilines is 2. The maximum Gasteiger partial charge on any atom is 0.257 e. The monoisotopic (exact) mass is 360 g/mol. The third-order valence-corrected chi connectivity index (χ3v) is 3.32. The molecule has 5 nitrogen and oxygen atoms in total. The third-order valence-electron chi connectivity index (χ3n) is 2.25. The van der Waals surface area contributed by atoms with Crippen LogP contribution < -0.4 is 11.1 Å². The molecule has 8 heteroatoms. The van der Waals surface area contributed by atoms with Crippen molar-refractivity contribution >= 4 is 56.4 Å². The summed E-state index contributed by atoms with van der Waals surface area (Å²) < 4.78 is 0.778. The van der Waals surface area contributed by atoms with Gasteiger partial charge in [0.1, 0.15) is 12.0 Å². The summed E-state index contributed by atoms with van der Waals surface area (Å²) in [5.74, 6) is -0.441. The minimum atomic E-state index is -0.441. The van der Waals surface area contributed by atoms with Crippen LogP contribution in [0, 0.1) is 0 Å². The van der Waals surface area contributed by atoms with Gasteiger partial charge in [0.2, 0.25) is 0 Å². The summed E-state index contributed by atoms with van der Waals surface area (Å²) in [5.41, 5.74) is 6.55. The van der Waals surface area contributed by atoms with Gasteiger partial charge in [-0.05, 0) is 18.2 Å². The van der Waals surface area contributed by atoms with E-state index in [0.29, 0.717) is 11.3 Å². The van der Waals surface area contributed by atoms with Crippen molar-refractivity contribution in [2.75, 3.05) is 11.1 Å². The SMILES string of the molecule is Nc1cc(Br)ccc1C(=O)Nc1c(Cl)ncnc1Cl. The molecule has 0 atom stereocenters. The lowest BCUT2D eigenvalue weighted by Crippen LogP contribution is -2.15. The number of hydrogen-bond donors (Lipinski definition) is 2. The predicted molar refractivity (Wildman–Crippen MR) is 78.6 cm³/mol. The van der Waals surface area contributed by atoms with Crippen molar-refractivity contribution < 1.29 is 4.79 Å². The van der Waals surface area contributed by atoms with Crippen LogP contribution in [0.5, 0.6) is 0 Å². The Morgan fingerprint density at radius 3 is 2.47 bits per heavy atom. The Labute approximate surface area is 127 Å². The molecule has 0 fully saturated rings. The van der Waals surface area contributed by atoms with E-state index in [1.54, 1.807) is 18.2 Å². The first-order chi connectivity index (χ1) is 8.99. The summed E-state index contributed by atoms with van der Waals surface area (Å²) >= 11 is 14.9. The molecule has 98 valence electrons. The number of hydrogen-bond acceptors (Lipinski definition) is 4. The maximum atomic E-state index is 12.1. The number of halogens is 3. The minimum Gasteiger partial charge on any atom is -0.398 e. The molecule has 1 amide bonds. The van der Waals surface area contributed by atoms with Gasteiger partial charge in [-0.2, -0.15) is 0 Å². The topological polar surface area (TPSA) is 80.9 Å². The second kappa shape index (κ2) is 5.73. The van der Waals surface area contributed by atoms with Gasteiger partial charge in [0.25, 0.3) is 5.91 Å². The van der Waals surface area contributed by atoms with Crippen molar-refractivity contribution in [2.45, 2.75) is 0 Å². The molecule has 0 aliphatic carbocycles. The second-order valence-corrected chi connectivity index (χ2v) is 5.15. The Bertz CT molecular complexity index is 630. The summed E-state index contributed by atoms with van der Waals surface area (Å²) in [7, 11) is 0. The van der Waals surface area contributed by atoms with Crippen molar-refractivity contribution in [1.29, 1.82) is 0 Å². The molecule has 2 rings (SSSR count). The molecule has 0 aliphatic rings. The first kappa shape index (κ1) is 14.0. The first-order valence-corrected chi connectivity index (χ1v) is 6.56. The molecule has 3 N–H and O–H groups in total. The molecule has 19 heavy (non-hydrogen) atoms. The van der Waals surface area contributed by atoms with Crippen LogP contribution in [0.25, 0.3) is 0 Å². The van der Waals surface area contributed by atoms with Gasteiger partial charge in [-0.25, -0.2) is 9.97 Å². The van der Waals surface area contributed by atoms with E-state index in [4.69, 9.17) is 28.9 Å². The predicted octanol–water partition coefficient (Wildman–Crippen LogP) is 3.38. The van der Waals surface area contributed by atoms with Gasteiger partial charge < -0.3 is 11.1 Å². The lowest BCUT2D eigenvalue weighted by molar-refractivity contribution is 0.102. The highest BCUT2D eigenvalue weighted by atomic mass is 79.9. The highest BCUT2D eigenvalue weighted by Crippen LogP contribution is 2.27. The van der Waals surface area contributed by atoms with E-state index in [9.17, 15) is 4.79 Å². The van der Waals surface area contributed by atoms with Gasteiger partial charge in [-0.1, -0.05) is 39.1 Å². The minimum absolute atomic E-state index is 0.0593. The van der Waals surface area contributed by atoms with E-state index in [1.165, 1.54) is 6.33 Å². The molecule has 0 aliphatic heterocycles. The van der Waals surface area contributed by atoms with E-state index in [-0.39, 0.29) is 16.0 Å². The average Bonchev–Trinajstić information content (AvgIpc) is 2.33.